The van der Waals surface area contributed by atoms with Crippen LogP contribution in [0.2, 0.25) is 0 Å². The van der Waals surface area contributed by atoms with Crippen LogP contribution in [0.25, 0.3) is 0 Å². The molecule has 1 atom stereocenters. The third-order valence-electron chi connectivity index (χ3n) is 4.36. The van der Waals surface area contributed by atoms with Crippen molar-refractivity contribution in [3.63, 3.8) is 0 Å². The summed E-state index contributed by atoms with van der Waals surface area (Å²) < 4.78 is 2.00. The molecule has 0 aliphatic carbocycles. The van der Waals surface area contributed by atoms with Crippen LogP contribution in [-0.4, -0.2) is 21.3 Å². The Morgan fingerprint density at radius 1 is 1.25 bits per heavy atom. The molecule has 1 aliphatic rings. The summed E-state index contributed by atoms with van der Waals surface area (Å²) in [6, 6.07) is 4.75. The molecule has 2 aromatic heterocycles. The molecule has 0 radical (unpaired) electrons. The fourth-order valence-corrected chi connectivity index (χ4v) is 3.36. The minimum absolute atomic E-state index is 0.450. The zero-order chi connectivity index (χ0) is 14.3. The second kappa shape index (κ2) is 4.93. The van der Waals surface area contributed by atoms with Gasteiger partial charge in [0.25, 0.3) is 0 Å². The van der Waals surface area contributed by atoms with E-state index >= 15 is 0 Å². The number of aromatic nitrogens is 3. The topological polar surface area (TPSA) is 34.0 Å². The Kier molecular flexibility index (Phi) is 3.24. The van der Waals surface area contributed by atoms with Crippen LogP contribution >= 0.6 is 0 Å². The summed E-state index contributed by atoms with van der Waals surface area (Å²) in [5, 5.41) is 4.58. The third kappa shape index (κ3) is 2.09. The molecule has 1 aliphatic heterocycles. The van der Waals surface area contributed by atoms with Crippen molar-refractivity contribution < 1.29 is 0 Å². The van der Waals surface area contributed by atoms with Crippen LogP contribution in [0, 0.1) is 20.8 Å². The van der Waals surface area contributed by atoms with Crippen molar-refractivity contribution in [1.29, 1.82) is 0 Å². The summed E-state index contributed by atoms with van der Waals surface area (Å²) in [6.07, 6.45) is 4.34. The monoisotopic (exact) mass is 270 g/mol. The molecule has 0 bridgehead atoms. The van der Waals surface area contributed by atoms with Crippen LogP contribution in [0.3, 0.4) is 0 Å². The van der Waals surface area contributed by atoms with Gasteiger partial charge in [-0.15, -0.1) is 0 Å². The molecule has 1 saturated heterocycles. The van der Waals surface area contributed by atoms with E-state index < -0.39 is 0 Å². The molecule has 0 aromatic carbocycles. The number of aryl methyl sites for hydroxylation is 3. The molecule has 0 N–H and O–H groups in total. The molecule has 3 heterocycles. The van der Waals surface area contributed by atoms with Gasteiger partial charge in [0.2, 0.25) is 0 Å². The van der Waals surface area contributed by atoms with Crippen molar-refractivity contribution in [3.05, 3.63) is 41.0 Å². The molecule has 0 amide bonds. The number of pyridine rings is 1. The van der Waals surface area contributed by atoms with E-state index in [4.69, 9.17) is 0 Å². The second-order valence-electron chi connectivity index (χ2n) is 5.71. The lowest BCUT2D eigenvalue weighted by Gasteiger charge is -2.27. The SMILES string of the molecule is Cc1cc(N2CCCC2c2c(C)nn(C)c2C)ccn1. The van der Waals surface area contributed by atoms with Gasteiger partial charge in [-0.05, 0) is 45.7 Å². The summed E-state index contributed by atoms with van der Waals surface area (Å²) in [7, 11) is 2.03. The van der Waals surface area contributed by atoms with Gasteiger partial charge in [0.15, 0.2) is 0 Å². The summed E-state index contributed by atoms with van der Waals surface area (Å²) in [4.78, 5) is 6.81. The zero-order valence-corrected chi connectivity index (χ0v) is 12.7. The number of anilines is 1. The van der Waals surface area contributed by atoms with Gasteiger partial charge in [0.05, 0.1) is 11.7 Å². The van der Waals surface area contributed by atoms with Crippen molar-refractivity contribution in [2.75, 3.05) is 11.4 Å². The molecule has 1 unspecified atom stereocenters. The summed E-state index contributed by atoms with van der Waals surface area (Å²) >= 11 is 0. The van der Waals surface area contributed by atoms with Gasteiger partial charge in [0.1, 0.15) is 0 Å². The lowest BCUT2D eigenvalue weighted by atomic mass is 10.0. The molecule has 4 nitrogen and oxygen atoms in total. The number of rotatable bonds is 2. The highest BCUT2D eigenvalue weighted by Gasteiger charge is 2.30. The zero-order valence-electron chi connectivity index (χ0n) is 12.7. The van der Waals surface area contributed by atoms with Gasteiger partial charge < -0.3 is 4.90 Å². The van der Waals surface area contributed by atoms with Crippen molar-refractivity contribution >= 4 is 5.69 Å². The quantitative estimate of drug-likeness (QED) is 0.841. The maximum Gasteiger partial charge on any atom is 0.0649 e. The number of hydrogen-bond acceptors (Lipinski definition) is 3. The normalized spacial score (nSPS) is 18.8. The maximum absolute atomic E-state index is 4.58. The summed E-state index contributed by atoms with van der Waals surface area (Å²) in [6.45, 7) is 7.46. The molecule has 106 valence electrons. The highest BCUT2D eigenvalue weighted by Crippen LogP contribution is 2.38. The second-order valence-corrected chi connectivity index (χ2v) is 5.71. The van der Waals surface area contributed by atoms with Gasteiger partial charge in [-0.2, -0.15) is 5.10 Å². The largest absolute Gasteiger partial charge is 0.364 e. The van der Waals surface area contributed by atoms with Crippen molar-refractivity contribution in [3.8, 4) is 0 Å². The Morgan fingerprint density at radius 2 is 2.05 bits per heavy atom. The lowest BCUT2D eigenvalue weighted by Crippen LogP contribution is -2.23. The molecular formula is C16H22N4. The first-order chi connectivity index (χ1) is 9.58. The Balaban J connectivity index is 2.01. The van der Waals surface area contributed by atoms with E-state index in [1.54, 1.807) is 0 Å². The standard InChI is InChI=1S/C16H22N4/c1-11-10-14(7-8-17-11)20-9-5-6-15(20)16-12(2)18-19(4)13(16)3/h7-8,10,15H,5-6,9H2,1-4H3. The molecule has 0 spiro atoms. The number of hydrogen-bond donors (Lipinski definition) is 0. The Hall–Kier alpha value is -1.84. The Morgan fingerprint density at radius 3 is 2.70 bits per heavy atom. The predicted octanol–water partition coefficient (Wildman–Crippen LogP) is 3.08. The van der Waals surface area contributed by atoms with E-state index in [1.807, 2.05) is 17.9 Å². The van der Waals surface area contributed by atoms with Crippen LogP contribution in [0.15, 0.2) is 18.3 Å². The van der Waals surface area contributed by atoms with Crippen molar-refractivity contribution in [2.24, 2.45) is 7.05 Å². The molecular weight excluding hydrogens is 248 g/mol. The first-order valence-corrected chi connectivity index (χ1v) is 7.27. The summed E-state index contributed by atoms with van der Waals surface area (Å²) in [5.74, 6) is 0. The minimum atomic E-state index is 0.450. The van der Waals surface area contributed by atoms with Gasteiger partial charge in [-0.1, -0.05) is 0 Å². The van der Waals surface area contributed by atoms with Crippen LogP contribution in [0.1, 0.15) is 41.5 Å². The van der Waals surface area contributed by atoms with Gasteiger partial charge in [0, 0.05) is 42.4 Å². The van der Waals surface area contributed by atoms with Crippen LogP contribution < -0.4 is 4.90 Å². The maximum atomic E-state index is 4.58. The van der Waals surface area contributed by atoms with E-state index in [1.165, 1.54) is 29.8 Å². The van der Waals surface area contributed by atoms with E-state index in [0.717, 1.165) is 17.9 Å². The van der Waals surface area contributed by atoms with Crippen molar-refractivity contribution in [1.82, 2.24) is 14.8 Å². The molecule has 1 fully saturated rings. The molecule has 3 rings (SSSR count). The average Bonchev–Trinajstić information content (AvgIpc) is 2.96. The van der Waals surface area contributed by atoms with E-state index in [9.17, 15) is 0 Å². The average molecular weight is 270 g/mol. The molecule has 0 saturated carbocycles. The van der Waals surface area contributed by atoms with Gasteiger partial charge in [-0.25, -0.2) is 0 Å². The molecule has 20 heavy (non-hydrogen) atoms. The first kappa shape index (κ1) is 13.2. The predicted molar refractivity (Wildman–Crippen MR) is 81.0 cm³/mol. The minimum Gasteiger partial charge on any atom is -0.364 e. The van der Waals surface area contributed by atoms with Crippen LogP contribution in [-0.2, 0) is 7.05 Å². The molecule has 2 aromatic rings. The van der Waals surface area contributed by atoms with Crippen LogP contribution in [0.5, 0.6) is 0 Å². The Labute approximate surface area is 120 Å². The van der Waals surface area contributed by atoms with E-state index in [-0.39, 0.29) is 0 Å². The fourth-order valence-electron chi connectivity index (χ4n) is 3.36. The highest BCUT2D eigenvalue weighted by molar-refractivity contribution is 5.51. The van der Waals surface area contributed by atoms with E-state index in [2.05, 4.69) is 47.9 Å². The smallest absolute Gasteiger partial charge is 0.0649 e. The Bertz CT molecular complexity index is 629. The third-order valence-corrected chi connectivity index (χ3v) is 4.36. The van der Waals surface area contributed by atoms with E-state index in [0.29, 0.717) is 6.04 Å². The molecule has 4 heteroatoms. The fraction of sp³-hybridized carbons (Fsp3) is 0.500. The van der Waals surface area contributed by atoms with Gasteiger partial charge >= 0.3 is 0 Å². The van der Waals surface area contributed by atoms with Gasteiger partial charge in [-0.3, -0.25) is 9.67 Å². The lowest BCUT2D eigenvalue weighted by molar-refractivity contribution is 0.698. The van der Waals surface area contributed by atoms with Crippen LogP contribution in [0.4, 0.5) is 5.69 Å². The number of nitrogens with zero attached hydrogens (tertiary/aromatic N) is 4. The van der Waals surface area contributed by atoms with Crippen molar-refractivity contribution in [2.45, 2.75) is 39.7 Å². The summed E-state index contributed by atoms with van der Waals surface area (Å²) in [5.41, 5.74) is 6.20. The first-order valence-electron chi connectivity index (χ1n) is 7.27. The highest BCUT2D eigenvalue weighted by atomic mass is 15.3.